The molecule has 1 saturated carbocycles. The van der Waals surface area contributed by atoms with Crippen molar-refractivity contribution in [1.29, 1.82) is 0 Å². The predicted molar refractivity (Wildman–Crippen MR) is 149 cm³/mol. The van der Waals surface area contributed by atoms with Gasteiger partial charge in [-0.25, -0.2) is 4.79 Å². The predicted octanol–water partition coefficient (Wildman–Crippen LogP) is 4.02. The van der Waals surface area contributed by atoms with Crippen LogP contribution in [0.5, 0.6) is 0 Å². The van der Waals surface area contributed by atoms with Crippen LogP contribution in [0.3, 0.4) is 0 Å². The van der Waals surface area contributed by atoms with E-state index < -0.39 is 17.6 Å². The minimum absolute atomic E-state index is 0.178. The van der Waals surface area contributed by atoms with Crippen LogP contribution in [0, 0.1) is 17.8 Å². The molecule has 1 atom stereocenters. The molecule has 9 nitrogen and oxygen atoms in total. The van der Waals surface area contributed by atoms with Crippen LogP contribution in [0.2, 0.25) is 0 Å². The summed E-state index contributed by atoms with van der Waals surface area (Å²) in [6, 6.07) is 4.95. The SMILES string of the molecule is CC(C)(C)OC(=O)N(CCOCCC#Cc1cccc2c1CN(C1CCC(=O)NC1=O)C2=O)[C@H]1CC[C@H](C)CC1. The molecule has 1 aromatic rings. The second-order valence-electron chi connectivity index (χ2n) is 12.0. The Labute approximate surface area is 236 Å². The van der Waals surface area contributed by atoms with Gasteiger partial charge in [-0.05, 0) is 76.5 Å². The highest BCUT2D eigenvalue weighted by atomic mass is 16.6. The van der Waals surface area contributed by atoms with Crippen LogP contribution in [0.15, 0.2) is 18.2 Å². The molecular formula is C31H41N3O6. The van der Waals surface area contributed by atoms with Crippen molar-refractivity contribution in [3.05, 3.63) is 34.9 Å². The van der Waals surface area contributed by atoms with E-state index in [9.17, 15) is 19.2 Å². The first-order valence-electron chi connectivity index (χ1n) is 14.4. The number of nitrogens with zero attached hydrogens (tertiary/aromatic N) is 2. The third kappa shape index (κ3) is 7.42. The molecule has 4 rings (SSSR count). The maximum atomic E-state index is 13.0. The Kier molecular flexibility index (Phi) is 9.52. The molecule has 1 unspecified atom stereocenters. The quantitative estimate of drug-likeness (QED) is 0.312. The first-order valence-corrected chi connectivity index (χ1v) is 14.4. The van der Waals surface area contributed by atoms with Crippen LogP contribution in [0.25, 0.3) is 0 Å². The Morgan fingerprint density at radius 1 is 1.10 bits per heavy atom. The maximum Gasteiger partial charge on any atom is 0.410 e. The van der Waals surface area contributed by atoms with Crippen LogP contribution in [-0.4, -0.2) is 71.1 Å². The lowest BCUT2D eigenvalue weighted by molar-refractivity contribution is -0.136. The number of fused-ring (bicyclic) bond motifs is 1. The molecule has 9 heteroatoms. The number of amides is 4. The van der Waals surface area contributed by atoms with Crippen LogP contribution in [-0.2, 0) is 25.6 Å². The van der Waals surface area contributed by atoms with Gasteiger partial charge >= 0.3 is 6.09 Å². The molecule has 2 fully saturated rings. The fraction of sp³-hybridized carbons (Fsp3) is 0.613. The summed E-state index contributed by atoms with van der Waals surface area (Å²) in [7, 11) is 0. The molecule has 0 bridgehead atoms. The zero-order chi connectivity index (χ0) is 28.9. The van der Waals surface area contributed by atoms with Crippen molar-refractivity contribution in [2.24, 2.45) is 5.92 Å². The van der Waals surface area contributed by atoms with Gasteiger partial charge in [0, 0.05) is 43.1 Å². The Hall–Kier alpha value is -3.38. The Morgan fingerprint density at radius 3 is 2.55 bits per heavy atom. The highest BCUT2D eigenvalue weighted by Gasteiger charge is 2.39. The van der Waals surface area contributed by atoms with E-state index >= 15 is 0 Å². The molecule has 0 radical (unpaired) electrons. The number of rotatable bonds is 7. The van der Waals surface area contributed by atoms with Gasteiger partial charge in [-0.3, -0.25) is 19.7 Å². The highest BCUT2D eigenvalue weighted by molar-refractivity contribution is 6.05. The third-order valence-electron chi connectivity index (χ3n) is 7.71. The van der Waals surface area contributed by atoms with Crippen molar-refractivity contribution in [3.8, 4) is 11.8 Å². The summed E-state index contributed by atoms with van der Waals surface area (Å²) in [5.74, 6) is 6.04. The molecule has 40 heavy (non-hydrogen) atoms. The Bertz CT molecular complexity index is 1190. The number of hydrogen-bond acceptors (Lipinski definition) is 6. The molecule has 216 valence electrons. The summed E-state index contributed by atoms with van der Waals surface area (Å²) in [6.45, 7) is 9.50. The molecule has 1 saturated heterocycles. The van der Waals surface area contributed by atoms with Gasteiger partial charge in [-0.2, -0.15) is 0 Å². The lowest BCUT2D eigenvalue weighted by Crippen LogP contribution is -2.52. The summed E-state index contributed by atoms with van der Waals surface area (Å²) in [5.41, 5.74) is 1.56. The average Bonchev–Trinajstić information content (AvgIpc) is 3.22. The number of ether oxygens (including phenoxy) is 2. The molecule has 3 aliphatic rings. The van der Waals surface area contributed by atoms with Crippen molar-refractivity contribution in [1.82, 2.24) is 15.1 Å². The Morgan fingerprint density at radius 2 is 1.85 bits per heavy atom. The number of nitrogens with one attached hydrogen (secondary N) is 1. The van der Waals surface area contributed by atoms with Crippen molar-refractivity contribution in [2.75, 3.05) is 19.8 Å². The number of imide groups is 1. The largest absolute Gasteiger partial charge is 0.444 e. The van der Waals surface area contributed by atoms with Gasteiger partial charge in [0.25, 0.3) is 5.91 Å². The van der Waals surface area contributed by atoms with E-state index in [-0.39, 0.29) is 30.4 Å². The number of benzene rings is 1. The van der Waals surface area contributed by atoms with Crippen molar-refractivity contribution >= 4 is 23.8 Å². The standard InChI is InChI=1S/C31H41N3O6/c1-21-11-13-23(14-12-21)33(30(38)40-31(2,3)4)17-19-39-18-6-5-8-22-9-7-10-24-25(22)20-34(29(24)37)26-15-16-27(35)32-28(26)36/h7,9-10,21,23,26H,6,11-20H2,1-4H3,(H,32,35,36)/t21-,23-,26?. The summed E-state index contributed by atoms with van der Waals surface area (Å²) in [4.78, 5) is 53.1. The molecule has 1 aromatic carbocycles. The monoisotopic (exact) mass is 551 g/mol. The van der Waals surface area contributed by atoms with Gasteiger partial charge in [0.05, 0.1) is 13.2 Å². The summed E-state index contributed by atoms with van der Waals surface area (Å²) in [5, 5.41) is 2.33. The van der Waals surface area contributed by atoms with Gasteiger partial charge in [0.2, 0.25) is 11.8 Å². The number of piperidine rings is 1. The second-order valence-corrected chi connectivity index (χ2v) is 12.0. The van der Waals surface area contributed by atoms with E-state index in [1.165, 1.54) is 4.90 Å². The van der Waals surface area contributed by atoms with Crippen molar-refractivity contribution in [2.45, 2.75) is 96.9 Å². The molecular weight excluding hydrogens is 510 g/mol. The van der Waals surface area contributed by atoms with Crippen LogP contribution in [0.4, 0.5) is 4.79 Å². The van der Waals surface area contributed by atoms with Gasteiger partial charge in [0.15, 0.2) is 0 Å². The van der Waals surface area contributed by atoms with Crippen LogP contribution in [0.1, 0.15) is 94.1 Å². The van der Waals surface area contributed by atoms with Crippen LogP contribution >= 0.6 is 0 Å². The zero-order valence-corrected chi connectivity index (χ0v) is 24.1. The highest BCUT2D eigenvalue weighted by Crippen LogP contribution is 2.30. The van der Waals surface area contributed by atoms with E-state index in [1.807, 2.05) is 31.7 Å². The first kappa shape index (κ1) is 29.6. The van der Waals surface area contributed by atoms with Crippen molar-refractivity contribution in [3.63, 3.8) is 0 Å². The molecule has 2 heterocycles. The summed E-state index contributed by atoms with van der Waals surface area (Å²) in [6.07, 6.45) is 4.96. The normalized spacial score (nSPS) is 22.8. The molecule has 2 aliphatic heterocycles. The fourth-order valence-corrected chi connectivity index (χ4v) is 5.55. The molecule has 4 amide bonds. The van der Waals surface area contributed by atoms with Gasteiger partial charge < -0.3 is 19.3 Å². The number of hydrogen-bond donors (Lipinski definition) is 1. The first-order chi connectivity index (χ1) is 19.0. The zero-order valence-electron chi connectivity index (χ0n) is 24.1. The smallest absolute Gasteiger partial charge is 0.410 e. The van der Waals surface area contributed by atoms with Crippen molar-refractivity contribution < 1.29 is 28.7 Å². The minimum atomic E-state index is -0.649. The molecule has 0 aromatic heterocycles. The lowest BCUT2D eigenvalue weighted by atomic mass is 9.87. The maximum absolute atomic E-state index is 13.0. The summed E-state index contributed by atoms with van der Waals surface area (Å²) < 4.78 is 11.5. The molecule has 1 N–H and O–H groups in total. The number of carbonyl (C=O) groups excluding carboxylic acids is 4. The van der Waals surface area contributed by atoms with E-state index in [2.05, 4.69) is 24.1 Å². The van der Waals surface area contributed by atoms with Gasteiger partial charge in [-0.1, -0.05) is 24.8 Å². The van der Waals surface area contributed by atoms with E-state index in [0.29, 0.717) is 50.6 Å². The third-order valence-corrected chi connectivity index (χ3v) is 7.71. The second kappa shape index (κ2) is 12.9. The van der Waals surface area contributed by atoms with Crippen LogP contribution < -0.4 is 5.32 Å². The summed E-state index contributed by atoms with van der Waals surface area (Å²) >= 11 is 0. The average molecular weight is 552 g/mol. The molecule has 1 aliphatic carbocycles. The minimum Gasteiger partial charge on any atom is -0.444 e. The van der Waals surface area contributed by atoms with Gasteiger partial charge in [-0.15, -0.1) is 0 Å². The van der Waals surface area contributed by atoms with Gasteiger partial charge in [0.1, 0.15) is 11.6 Å². The lowest BCUT2D eigenvalue weighted by Gasteiger charge is -2.37. The molecule has 0 spiro atoms. The fourth-order valence-electron chi connectivity index (χ4n) is 5.55. The van der Waals surface area contributed by atoms with E-state index in [4.69, 9.17) is 9.47 Å². The Balaban J connectivity index is 1.28. The topological polar surface area (TPSA) is 105 Å². The number of carbonyl (C=O) groups is 4. The van der Waals surface area contributed by atoms with E-state index in [1.54, 1.807) is 12.1 Å². The van der Waals surface area contributed by atoms with E-state index in [0.717, 1.165) is 36.8 Å².